The van der Waals surface area contributed by atoms with Gasteiger partial charge in [-0.2, -0.15) is 0 Å². The Morgan fingerprint density at radius 3 is 2.31 bits per heavy atom. The Morgan fingerprint density at radius 2 is 1.56 bits per heavy atom. The van der Waals surface area contributed by atoms with Crippen LogP contribution in [0.4, 0.5) is 5.69 Å². The van der Waals surface area contributed by atoms with E-state index in [1.54, 1.807) is 50.7 Å². The molecule has 1 heterocycles. The Hall–Kier alpha value is -4.01. The van der Waals surface area contributed by atoms with Gasteiger partial charge in [-0.25, -0.2) is 8.42 Å². The van der Waals surface area contributed by atoms with Gasteiger partial charge in [0.1, 0.15) is 11.5 Å². The maximum Gasteiger partial charge on any atom is 0.261 e. The molecule has 0 saturated carbocycles. The number of pyridine rings is 1. The minimum Gasteiger partial charge on any atom is -0.493 e. The largest absolute Gasteiger partial charge is 0.493 e. The van der Waals surface area contributed by atoms with E-state index in [0.29, 0.717) is 39.2 Å². The number of hydrogen-bond donors (Lipinski definition) is 1. The highest BCUT2D eigenvalue weighted by atomic mass is 35.5. The maximum atomic E-state index is 12.9. The summed E-state index contributed by atoms with van der Waals surface area (Å²) >= 11 is 5.89. The van der Waals surface area contributed by atoms with Crippen molar-refractivity contribution in [3.05, 3.63) is 90.1 Å². The molecule has 0 atom stereocenters. The lowest BCUT2D eigenvalue weighted by Crippen LogP contribution is -2.13. The number of ether oxygens (including phenoxy) is 3. The van der Waals surface area contributed by atoms with Crippen molar-refractivity contribution in [3.8, 4) is 23.0 Å². The van der Waals surface area contributed by atoms with E-state index >= 15 is 0 Å². The molecule has 0 radical (unpaired) electrons. The average Bonchev–Trinajstić information content (AvgIpc) is 2.88. The minimum atomic E-state index is -3.79. The molecule has 0 aliphatic rings. The monoisotopic (exact) mass is 520 g/mol. The van der Waals surface area contributed by atoms with Gasteiger partial charge < -0.3 is 14.2 Å². The first-order valence-electron chi connectivity index (χ1n) is 10.9. The van der Waals surface area contributed by atoms with Gasteiger partial charge in [0.15, 0.2) is 11.5 Å². The molecule has 0 unspecified atom stereocenters. The minimum absolute atomic E-state index is 0.125. The first-order valence-corrected chi connectivity index (χ1v) is 12.7. The second-order valence-corrected chi connectivity index (χ2v) is 10.0. The SMILES string of the molecule is COc1cc2nccc(Oc3ccc4c(NS(=O)(=O)c5ccc(Cl)cc5)cccc4c3)c2cc1OC. The van der Waals surface area contributed by atoms with Crippen LogP contribution in [0.15, 0.2) is 90.0 Å². The second-order valence-electron chi connectivity index (χ2n) is 7.88. The van der Waals surface area contributed by atoms with Crippen molar-refractivity contribution in [2.75, 3.05) is 18.9 Å². The Labute approximate surface area is 213 Å². The van der Waals surface area contributed by atoms with Gasteiger partial charge in [0.05, 0.1) is 30.3 Å². The second kappa shape index (κ2) is 9.56. The zero-order valence-electron chi connectivity index (χ0n) is 19.4. The number of hydrogen-bond acceptors (Lipinski definition) is 6. The summed E-state index contributed by atoms with van der Waals surface area (Å²) in [6, 6.07) is 22.2. The van der Waals surface area contributed by atoms with E-state index in [2.05, 4.69) is 9.71 Å². The lowest BCUT2D eigenvalue weighted by molar-refractivity contribution is 0.355. The Bertz CT molecular complexity index is 1690. The van der Waals surface area contributed by atoms with Gasteiger partial charge in [-0.3, -0.25) is 9.71 Å². The molecule has 5 aromatic rings. The third kappa shape index (κ3) is 4.60. The lowest BCUT2D eigenvalue weighted by Gasteiger charge is -2.14. The van der Waals surface area contributed by atoms with E-state index in [1.807, 2.05) is 24.3 Å². The van der Waals surface area contributed by atoms with Crippen molar-refractivity contribution in [2.45, 2.75) is 4.90 Å². The number of benzene rings is 4. The third-order valence-electron chi connectivity index (χ3n) is 5.65. The highest BCUT2D eigenvalue weighted by Crippen LogP contribution is 2.38. The number of nitrogens with zero attached hydrogens (tertiary/aromatic N) is 1. The molecule has 0 spiro atoms. The predicted molar refractivity (Wildman–Crippen MR) is 141 cm³/mol. The molecule has 7 nitrogen and oxygen atoms in total. The molecule has 1 N–H and O–H groups in total. The maximum absolute atomic E-state index is 12.9. The Balaban J connectivity index is 1.48. The summed E-state index contributed by atoms with van der Waals surface area (Å²) in [4.78, 5) is 4.53. The van der Waals surface area contributed by atoms with Crippen LogP contribution in [0.1, 0.15) is 0 Å². The van der Waals surface area contributed by atoms with E-state index in [0.717, 1.165) is 16.2 Å². The first kappa shape index (κ1) is 23.7. The molecule has 0 aliphatic heterocycles. The number of nitrogens with one attached hydrogen (secondary N) is 1. The first-order chi connectivity index (χ1) is 17.4. The number of methoxy groups -OCH3 is 2. The number of anilines is 1. The summed E-state index contributed by atoms with van der Waals surface area (Å²) in [5.41, 5.74) is 1.16. The van der Waals surface area contributed by atoms with Crippen LogP contribution >= 0.6 is 11.6 Å². The Kier molecular flexibility index (Phi) is 6.30. The van der Waals surface area contributed by atoms with Gasteiger partial charge in [0.2, 0.25) is 0 Å². The number of sulfonamides is 1. The Morgan fingerprint density at radius 1 is 0.806 bits per heavy atom. The van der Waals surface area contributed by atoms with Crippen LogP contribution in [0.25, 0.3) is 21.7 Å². The molecule has 4 aromatic carbocycles. The van der Waals surface area contributed by atoms with Gasteiger partial charge in [-0.05, 0) is 66.0 Å². The molecule has 0 bridgehead atoms. The summed E-state index contributed by atoms with van der Waals surface area (Å²) in [5.74, 6) is 2.33. The van der Waals surface area contributed by atoms with Gasteiger partial charge >= 0.3 is 0 Å². The summed E-state index contributed by atoms with van der Waals surface area (Å²) in [6.07, 6.45) is 1.66. The third-order valence-corrected chi connectivity index (χ3v) is 7.29. The van der Waals surface area contributed by atoms with Crippen molar-refractivity contribution >= 4 is 49.0 Å². The fraction of sp³-hybridized carbons (Fsp3) is 0.0741. The summed E-state index contributed by atoms with van der Waals surface area (Å²) in [7, 11) is -0.641. The molecule has 0 saturated heterocycles. The van der Waals surface area contributed by atoms with Crippen molar-refractivity contribution in [2.24, 2.45) is 0 Å². The van der Waals surface area contributed by atoms with Crippen molar-refractivity contribution < 1.29 is 22.6 Å². The van der Waals surface area contributed by atoms with Crippen molar-refractivity contribution in [1.82, 2.24) is 4.98 Å². The van der Waals surface area contributed by atoms with Crippen LogP contribution in [0.2, 0.25) is 5.02 Å². The molecule has 5 rings (SSSR count). The van der Waals surface area contributed by atoms with Crippen molar-refractivity contribution in [3.63, 3.8) is 0 Å². The van der Waals surface area contributed by atoms with E-state index in [1.165, 1.54) is 24.3 Å². The molecular formula is C27H21ClN2O5S. The van der Waals surface area contributed by atoms with E-state index < -0.39 is 10.0 Å². The fourth-order valence-electron chi connectivity index (χ4n) is 3.90. The highest BCUT2D eigenvalue weighted by molar-refractivity contribution is 7.92. The quantitative estimate of drug-likeness (QED) is 0.258. The predicted octanol–water partition coefficient (Wildman–Crippen LogP) is 6.65. The summed E-state index contributed by atoms with van der Waals surface area (Å²) < 4.78 is 45.4. The van der Waals surface area contributed by atoms with Crippen LogP contribution in [-0.2, 0) is 10.0 Å². The topological polar surface area (TPSA) is 86.8 Å². The van der Waals surface area contributed by atoms with Crippen LogP contribution in [0, 0.1) is 0 Å². The van der Waals surface area contributed by atoms with Crippen LogP contribution in [-0.4, -0.2) is 27.6 Å². The molecule has 0 aliphatic carbocycles. The number of fused-ring (bicyclic) bond motifs is 2. The molecule has 182 valence electrons. The number of rotatable bonds is 7. The van der Waals surface area contributed by atoms with E-state index in [4.69, 9.17) is 25.8 Å². The normalized spacial score (nSPS) is 11.4. The van der Waals surface area contributed by atoms with E-state index in [-0.39, 0.29) is 4.90 Å². The van der Waals surface area contributed by atoms with Gasteiger partial charge in [0, 0.05) is 28.1 Å². The average molecular weight is 521 g/mol. The smallest absolute Gasteiger partial charge is 0.261 e. The molecule has 36 heavy (non-hydrogen) atoms. The molecule has 0 fully saturated rings. The van der Waals surface area contributed by atoms with Crippen molar-refractivity contribution in [1.29, 1.82) is 0 Å². The van der Waals surface area contributed by atoms with Crippen LogP contribution in [0.5, 0.6) is 23.0 Å². The van der Waals surface area contributed by atoms with E-state index in [9.17, 15) is 8.42 Å². The summed E-state index contributed by atoms with van der Waals surface area (Å²) in [5, 5.41) is 2.76. The molecule has 9 heteroatoms. The molecular weight excluding hydrogens is 500 g/mol. The van der Waals surface area contributed by atoms with Crippen LogP contribution < -0.4 is 18.9 Å². The molecule has 0 amide bonds. The van der Waals surface area contributed by atoms with Crippen LogP contribution in [0.3, 0.4) is 0 Å². The number of halogens is 1. The zero-order valence-corrected chi connectivity index (χ0v) is 20.9. The van der Waals surface area contributed by atoms with Gasteiger partial charge in [-0.1, -0.05) is 23.7 Å². The fourth-order valence-corrected chi connectivity index (χ4v) is 5.10. The van der Waals surface area contributed by atoms with Gasteiger partial charge in [0.25, 0.3) is 10.0 Å². The van der Waals surface area contributed by atoms with Gasteiger partial charge in [-0.15, -0.1) is 0 Å². The zero-order chi connectivity index (χ0) is 25.3. The standard InChI is InChI=1S/C27H21ClN2O5S/c1-33-26-15-22-24(16-27(26)34-2)29-13-12-25(22)35-19-8-11-21-17(14-19)4-3-5-23(21)30-36(31,32)20-9-6-18(28)7-10-20/h3-16,30H,1-2H3. The molecule has 1 aromatic heterocycles. The summed E-state index contributed by atoms with van der Waals surface area (Å²) in [6.45, 7) is 0. The number of aromatic nitrogens is 1. The lowest BCUT2D eigenvalue weighted by atomic mass is 10.1. The highest BCUT2D eigenvalue weighted by Gasteiger charge is 2.16.